The third kappa shape index (κ3) is 9.51. The number of nitrogens with zero attached hydrogens (tertiary/aromatic N) is 1. The molecule has 0 amide bonds. The second kappa shape index (κ2) is 17.0. The summed E-state index contributed by atoms with van der Waals surface area (Å²) in [6.45, 7) is 16.3. The third-order valence-electron chi connectivity index (χ3n) is 11.8. The van der Waals surface area contributed by atoms with E-state index in [1.165, 1.54) is 27.9 Å². The summed E-state index contributed by atoms with van der Waals surface area (Å²) in [5.41, 5.74) is -4.84. The summed E-state index contributed by atoms with van der Waals surface area (Å²) in [5.74, 6) is -4.98. The van der Waals surface area contributed by atoms with Crippen molar-refractivity contribution in [1.82, 2.24) is 4.90 Å². The van der Waals surface area contributed by atoms with E-state index >= 15 is 0 Å². The van der Waals surface area contributed by atoms with Crippen LogP contribution in [0.2, 0.25) is 0 Å². The maximum absolute atomic E-state index is 14.1. The van der Waals surface area contributed by atoms with Gasteiger partial charge >= 0.3 is 5.97 Å². The van der Waals surface area contributed by atoms with E-state index in [4.69, 9.17) is 28.4 Å². The predicted octanol–water partition coefficient (Wildman–Crippen LogP) is 1.79. The van der Waals surface area contributed by atoms with Gasteiger partial charge in [0, 0.05) is 37.3 Å². The number of aliphatic hydroxyl groups is 5. The van der Waals surface area contributed by atoms with Crippen LogP contribution in [0.3, 0.4) is 0 Å². The number of methoxy groups -OCH3 is 1. The summed E-state index contributed by atoms with van der Waals surface area (Å²) in [5, 5.41) is 57.6. The van der Waals surface area contributed by atoms with Crippen molar-refractivity contribution in [2.24, 2.45) is 23.7 Å². The van der Waals surface area contributed by atoms with Crippen LogP contribution < -0.4 is 0 Å². The molecule has 0 aromatic heterocycles. The zero-order valence-electron chi connectivity index (χ0n) is 32.9. The molecule has 0 aliphatic carbocycles. The van der Waals surface area contributed by atoms with Crippen LogP contribution in [0.25, 0.3) is 0 Å². The van der Waals surface area contributed by atoms with E-state index < -0.39 is 108 Å². The average Bonchev–Trinajstić information content (AvgIpc) is 3.05. The molecule has 0 radical (unpaired) electrons. The Bertz CT molecular complexity index is 1170. The molecule has 18 atom stereocenters. The highest BCUT2D eigenvalue weighted by Gasteiger charge is 2.53. The Morgan fingerprint density at radius 2 is 1.49 bits per heavy atom. The Labute approximate surface area is 304 Å². The number of cyclic esters (lactones) is 1. The zero-order valence-corrected chi connectivity index (χ0v) is 32.9. The maximum Gasteiger partial charge on any atom is 0.311 e. The van der Waals surface area contributed by atoms with Crippen molar-refractivity contribution in [3.63, 3.8) is 0 Å². The van der Waals surface area contributed by atoms with E-state index in [1.54, 1.807) is 41.5 Å². The Morgan fingerprint density at radius 1 is 0.882 bits per heavy atom. The van der Waals surface area contributed by atoms with Crippen LogP contribution in [0.15, 0.2) is 0 Å². The molecule has 3 fully saturated rings. The highest BCUT2D eigenvalue weighted by molar-refractivity contribution is 5.83. The van der Waals surface area contributed by atoms with Gasteiger partial charge in [0.2, 0.25) is 0 Å². The van der Waals surface area contributed by atoms with Crippen molar-refractivity contribution in [2.75, 3.05) is 21.2 Å². The van der Waals surface area contributed by atoms with E-state index in [0.717, 1.165) is 0 Å². The molecule has 0 spiro atoms. The molecule has 3 aliphatic rings. The van der Waals surface area contributed by atoms with Crippen LogP contribution in [-0.4, -0.2) is 148 Å². The van der Waals surface area contributed by atoms with Gasteiger partial charge in [-0.3, -0.25) is 9.59 Å². The summed E-state index contributed by atoms with van der Waals surface area (Å²) in [6.07, 6.45) is -9.71. The average molecular weight is 734 g/mol. The van der Waals surface area contributed by atoms with E-state index in [2.05, 4.69) is 0 Å². The molecule has 14 heteroatoms. The van der Waals surface area contributed by atoms with E-state index in [9.17, 15) is 35.1 Å². The van der Waals surface area contributed by atoms with Crippen LogP contribution in [0.4, 0.5) is 0 Å². The van der Waals surface area contributed by atoms with Crippen molar-refractivity contribution in [3.05, 3.63) is 0 Å². The summed E-state index contributed by atoms with van der Waals surface area (Å²) in [4.78, 5) is 29.8. The SMILES string of the molecule is CC[C@H]1OC(=O)[C@H](C)[C@@H](OC2CC(C)(OC)C(O)C(C)O2)C(C)[C@@H](OC2OC(C)CC(N(C)C)C2O)C(C)(O)C[C@@H](C)C(=O)[C@H](C)[C@@H](O)[C@]1(C)O. The van der Waals surface area contributed by atoms with Gasteiger partial charge < -0.3 is 58.9 Å². The van der Waals surface area contributed by atoms with Crippen LogP contribution in [0.1, 0.15) is 94.9 Å². The quantitative estimate of drug-likeness (QED) is 0.238. The van der Waals surface area contributed by atoms with Gasteiger partial charge in [0.15, 0.2) is 12.6 Å². The molecular weight excluding hydrogens is 666 g/mol. The normalized spacial score (nSPS) is 49.7. The van der Waals surface area contributed by atoms with Crippen LogP contribution in [0, 0.1) is 23.7 Å². The molecule has 0 aromatic carbocycles. The fraction of sp³-hybridized carbons (Fsp3) is 0.946. The molecule has 3 heterocycles. The van der Waals surface area contributed by atoms with Crippen molar-refractivity contribution in [1.29, 1.82) is 0 Å². The summed E-state index contributed by atoms with van der Waals surface area (Å²) in [7, 11) is 5.18. The lowest BCUT2D eigenvalue weighted by atomic mass is 9.74. The fourth-order valence-electron chi connectivity index (χ4n) is 8.41. The second-order valence-electron chi connectivity index (χ2n) is 16.5. The first kappa shape index (κ1) is 44.1. The molecule has 298 valence electrons. The zero-order chi connectivity index (χ0) is 39.0. The van der Waals surface area contributed by atoms with Crippen molar-refractivity contribution in [2.45, 2.75) is 179 Å². The maximum atomic E-state index is 14.1. The standard InChI is InChI=1S/C37H67NO13/c1-14-25-37(10,45)30(41)20(4)27(39)18(2)16-35(8,44)32(51-34-28(40)24(38(11)12)15-19(3)47-34)21(5)29(22(6)33(43)49-25)50-26-17-36(9,46-13)31(42)23(7)48-26/h18-26,28-32,34,40-42,44-45H,14-17H2,1-13H3/t18-,19?,20+,21?,22-,23?,24?,25-,26?,28?,29+,30-,31?,32-,34?,35?,36?,37-/m1/s1. The second-order valence-corrected chi connectivity index (χ2v) is 16.5. The largest absolute Gasteiger partial charge is 0.459 e. The van der Waals surface area contributed by atoms with Crippen LogP contribution in [-0.2, 0) is 38.0 Å². The van der Waals surface area contributed by atoms with E-state index in [0.29, 0.717) is 6.42 Å². The minimum Gasteiger partial charge on any atom is -0.459 e. The van der Waals surface area contributed by atoms with Gasteiger partial charge in [-0.05, 0) is 74.9 Å². The fourth-order valence-corrected chi connectivity index (χ4v) is 8.41. The Balaban J connectivity index is 2.18. The van der Waals surface area contributed by atoms with Gasteiger partial charge in [0.25, 0.3) is 0 Å². The number of carbonyl (C=O) groups is 2. The van der Waals surface area contributed by atoms with E-state index in [-0.39, 0.29) is 31.4 Å². The Morgan fingerprint density at radius 3 is 2.04 bits per heavy atom. The van der Waals surface area contributed by atoms with Gasteiger partial charge in [-0.2, -0.15) is 0 Å². The highest BCUT2D eigenvalue weighted by Crippen LogP contribution is 2.40. The first-order valence-corrected chi connectivity index (χ1v) is 18.5. The molecule has 0 bridgehead atoms. The molecule has 3 saturated heterocycles. The number of Topliss-reactive ketones (excluding diaryl/α,β-unsaturated/α-hetero) is 1. The van der Waals surface area contributed by atoms with E-state index in [1.807, 2.05) is 25.9 Å². The number of hydrogen-bond acceptors (Lipinski definition) is 14. The molecule has 5 N–H and O–H groups in total. The monoisotopic (exact) mass is 733 g/mol. The Kier molecular flexibility index (Phi) is 14.7. The van der Waals surface area contributed by atoms with Crippen molar-refractivity contribution < 1.29 is 63.5 Å². The minimum absolute atomic E-state index is 0.0936. The molecule has 3 aliphatic heterocycles. The first-order chi connectivity index (χ1) is 23.4. The Hall–Kier alpha value is -1.30. The first-order valence-electron chi connectivity index (χ1n) is 18.5. The number of likely N-dealkylation sites (N-methyl/N-ethyl adjacent to an activating group) is 1. The molecule has 3 rings (SSSR count). The van der Waals surface area contributed by atoms with Crippen LogP contribution in [0.5, 0.6) is 0 Å². The number of ether oxygens (including phenoxy) is 6. The summed E-state index contributed by atoms with van der Waals surface area (Å²) >= 11 is 0. The van der Waals surface area contributed by atoms with Gasteiger partial charge in [0.1, 0.15) is 29.7 Å². The third-order valence-corrected chi connectivity index (χ3v) is 11.8. The number of rotatable bonds is 7. The lowest BCUT2D eigenvalue weighted by Crippen LogP contribution is -2.61. The number of hydrogen-bond donors (Lipinski definition) is 5. The van der Waals surface area contributed by atoms with Crippen molar-refractivity contribution in [3.8, 4) is 0 Å². The van der Waals surface area contributed by atoms with Gasteiger partial charge in [-0.1, -0.05) is 27.7 Å². The van der Waals surface area contributed by atoms with Crippen molar-refractivity contribution >= 4 is 11.8 Å². The number of esters is 1. The predicted molar refractivity (Wildman–Crippen MR) is 186 cm³/mol. The molecular formula is C37H67NO13. The smallest absolute Gasteiger partial charge is 0.311 e. The molecule has 10 unspecified atom stereocenters. The van der Waals surface area contributed by atoms with Gasteiger partial charge in [-0.15, -0.1) is 0 Å². The molecule has 0 aromatic rings. The van der Waals surface area contributed by atoms with Gasteiger partial charge in [0.05, 0.1) is 47.6 Å². The molecule has 0 saturated carbocycles. The summed E-state index contributed by atoms with van der Waals surface area (Å²) < 4.78 is 37.1. The number of carbonyl (C=O) groups excluding carboxylic acids is 2. The molecule has 14 nitrogen and oxygen atoms in total. The summed E-state index contributed by atoms with van der Waals surface area (Å²) in [6, 6.07) is -0.324. The van der Waals surface area contributed by atoms with Gasteiger partial charge in [-0.25, -0.2) is 0 Å². The number of ketones is 1. The lowest BCUT2D eigenvalue weighted by Gasteiger charge is -2.49. The molecule has 51 heavy (non-hydrogen) atoms. The minimum atomic E-state index is -1.99. The van der Waals surface area contributed by atoms with Crippen LogP contribution >= 0.6 is 0 Å². The number of aliphatic hydroxyl groups excluding tert-OH is 3. The topological polar surface area (TPSA) is 194 Å². The highest BCUT2D eigenvalue weighted by atomic mass is 16.7. The lowest BCUT2D eigenvalue weighted by molar-refractivity contribution is -0.318.